The van der Waals surface area contributed by atoms with E-state index < -0.39 is 0 Å². The molecule has 0 radical (unpaired) electrons. The Bertz CT molecular complexity index is 3630. The molecule has 10 aromatic carbocycles. The molecule has 0 saturated heterocycles. The highest BCUT2D eigenvalue weighted by Gasteiger charge is 2.21. The maximum absolute atomic E-state index is 5.47. The van der Waals surface area contributed by atoms with E-state index in [1.54, 1.807) is 0 Å². The largest absolute Gasteiger partial charge is 0.309 e. The zero-order chi connectivity index (χ0) is 40.3. The highest BCUT2D eigenvalue weighted by atomic mass is 15.0. The minimum atomic E-state index is 0.693. The van der Waals surface area contributed by atoms with Crippen LogP contribution in [0.2, 0.25) is 0 Å². The summed E-state index contributed by atoms with van der Waals surface area (Å²) in [5, 5.41) is 9.59. The number of benzene rings is 10. The first kappa shape index (κ1) is 34.9. The summed E-state index contributed by atoms with van der Waals surface area (Å²) in [6.45, 7) is 0. The molecule has 3 heteroatoms. The molecule has 0 unspecified atom stereocenters. The van der Waals surface area contributed by atoms with Gasteiger partial charge in [-0.25, -0.2) is 9.97 Å². The van der Waals surface area contributed by atoms with Gasteiger partial charge in [0.1, 0.15) is 0 Å². The third-order valence-corrected chi connectivity index (χ3v) is 12.2. The van der Waals surface area contributed by atoms with Crippen LogP contribution in [-0.2, 0) is 0 Å². The monoisotopic (exact) mass is 775 g/mol. The molecule has 12 aromatic rings. The Hall–Kier alpha value is -8.14. The van der Waals surface area contributed by atoms with Crippen LogP contribution in [0.25, 0.3) is 116 Å². The van der Waals surface area contributed by atoms with Crippen LogP contribution in [0.4, 0.5) is 0 Å². The molecule has 0 spiro atoms. The van der Waals surface area contributed by atoms with E-state index in [1.165, 1.54) is 59.9 Å². The predicted octanol–water partition coefficient (Wildman–Crippen LogP) is 15.4. The number of nitrogens with zero attached hydrogens (tertiary/aromatic N) is 3. The molecule has 0 aliphatic carbocycles. The SMILES string of the molecule is c1ccc(-c2nc(-c3cccc(-c4ccc5c(c4)c4ccccc4n5-c4ccccc4)c3)cc(-c3c4ccccc4c(-c4ccccc4)c4ccc5ccccc5c34)n2)cc1. The van der Waals surface area contributed by atoms with Gasteiger partial charge in [-0.2, -0.15) is 0 Å². The van der Waals surface area contributed by atoms with E-state index in [1.807, 2.05) is 6.07 Å². The molecule has 0 amide bonds. The van der Waals surface area contributed by atoms with Gasteiger partial charge >= 0.3 is 0 Å². The lowest BCUT2D eigenvalue weighted by Crippen LogP contribution is -1.98. The molecule has 2 aromatic heterocycles. The van der Waals surface area contributed by atoms with Gasteiger partial charge in [0.15, 0.2) is 5.82 Å². The van der Waals surface area contributed by atoms with Crippen molar-refractivity contribution < 1.29 is 0 Å². The molecular formula is C58H37N3. The molecular weight excluding hydrogens is 739 g/mol. The lowest BCUT2D eigenvalue weighted by atomic mass is 9.85. The van der Waals surface area contributed by atoms with Crippen molar-refractivity contribution in [3.63, 3.8) is 0 Å². The van der Waals surface area contributed by atoms with Crippen LogP contribution < -0.4 is 0 Å². The first-order valence-corrected chi connectivity index (χ1v) is 20.8. The van der Waals surface area contributed by atoms with Crippen LogP contribution >= 0.6 is 0 Å². The Morgan fingerprint density at radius 3 is 1.66 bits per heavy atom. The van der Waals surface area contributed by atoms with Crippen molar-refractivity contribution in [1.29, 1.82) is 0 Å². The summed E-state index contributed by atoms with van der Waals surface area (Å²) >= 11 is 0. The van der Waals surface area contributed by atoms with E-state index in [4.69, 9.17) is 9.97 Å². The highest BCUT2D eigenvalue weighted by molar-refractivity contribution is 6.27. The van der Waals surface area contributed by atoms with Gasteiger partial charge in [0.2, 0.25) is 0 Å². The summed E-state index contributed by atoms with van der Waals surface area (Å²) in [7, 11) is 0. The molecule has 0 aliphatic rings. The fourth-order valence-corrected chi connectivity index (χ4v) is 9.44. The van der Waals surface area contributed by atoms with E-state index in [9.17, 15) is 0 Å². The Balaban J connectivity index is 1.09. The summed E-state index contributed by atoms with van der Waals surface area (Å²) in [5.41, 5.74) is 13.1. The Morgan fingerprint density at radius 2 is 0.869 bits per heavy atom. The highest BCUT2D eigenvalue weighted by Crippen LogP contribution is 2.46. The van der Waals surface area contributed by atoms with Crippen molar-refractivity contribution in [1.82, 2.24) is 14.5 Å². The number of rotatable bonds is 6. The van der Waals surface area contributed by atoms with Gasteiger partial charge in [-0.05, 0) is 91.6 Å². The average Bonchev–Trinajstić information content (AvgIpc) is 3.67. The second kappa shape index (κ2) is 14.3. The minimum absolute atomic E-state index is 0.693. The molecule has 12 rings (SSSR count). The molecule has 2 heterocycles. The molecule has 0 aliphatic heterocycles. The van der Waals surface area contributed by atoms with Crippen LogP contribution in [0.5, 0.6) is 0 Å². The summed E-state index contributed by atoms with van der Waals surface area (Å²) in [4.78, 5) is 10.8. The second-order valence-electron chi connectivity index (χ2n) is 15.7. The fraction of sp³-hybridized carbons (Fsp3) is 0. The van der Waals surface area contributed by atoms with Crippen molar-refractivity contribution in [3.05, 3.63) is 224 Å². The van der Waals surface area contributed by atoms with E-state index >= 15 is 0 Å². The van der Waals surface area contributed by atoms with Crippen molar-refractivity contribution >= 4 is 54.1 Å². The summed E-state index contributed by atoms with van der Waals surface area (Å²) in [6, 6.07) is 80.4. The molecule has 0 bridgehead atoms. The summed E-state index contributed by atoms with van der Waals surface area (Å²) in [5.74, 6) is 0.693. The first-order valence-electron chi connectivity index (χ1n) is 20.8. The van der Waals surface area contributed by atoms with Gasteiger partial charge in [0.25, 0.3) is 0 Å². The van der Waals surface area contributed by atoms with Crippen LogP contribution in [0.1, 0.15) is 0 Å². The summed E-state index contributed by atoms with van der Waals surface area (Å²) in [6.07, 6.45) is 0. The van der Waals surface area contributed by atoms with Gasteiger partial charge in [0, 0.05) is 38.5 Å². The van der Waals surface area contributed by atoms with Crippen molar-refractivity contribution in [2.75, 3.05) is 0 Å². The van der Waals surface area contributed by atoms with Gasteiger partial charge < -0.3 is 4.57 Å². The quantitative estimate of drug-likeness (QED) is 0.124. The van der Waals surface area contributed by atoms with Gasteiger partial charge in [-0.1, -0.05) is 182 Å². The zero-order valence-electron chi connectivity index (χ0n) is 33.2. The second-order valence-corrected chi connectivity index (χ2v) is 15.7. The van der Waals surface area contributed by atoms with Gasteiger partial charge in [-0.15, -0.1) is 0 Å². The van der Waals surface area contributed by atoms with E-state index in [2.05, 4.69) is 223 Å². The standard InChI is InChI=1S/C58H37N3/c1-4-18-39(19-5-1)55-47-28-12-13-29-48(47)57(56-45-26-11-10-17-38(45)31-33-49(55)56)52-37-51(59-58(60-52)40-20-6-2-7-21-40)43-23-16-22-41(35-43)42-32-34-54-50(36-42)46-27-14-15-30-53(46)61(54)44-24-8-3-9-25-44/h1-37H. The summed E-state index contributed by atoms with van der Waals surface area (Å²) < 4.78 is 2.36. The number of para-hydroxylation sites is 2. The zero-order valence-corrected chi connectivity index (χ0v) is 33.2. The van der Waals surface area contributed by atoms with Crippen LogP contribution in [0.15, 0.2) is 224 Å². The average molecular weight is 776 g/mol. The molecule has 284 valence electrons. The van der Waals surface area contributed by atoms with Crippen molar-refractivity contribution in [2.24, 2.45) is 0 Å². The molecule has 3 nitrogen and oxygen atoms in total. The molecule has 61 heavy (non-hydrogen) atoms. The minimum Gasteiger partial charge on any atom is -0.309 e. The number of fused-ring (bicyclic) bond motifs is 7. The van der Waals surface area contributed by atoms with Crippen LogP contribution in [-0.4, -0.2) is 14.5 Å². The Labute approximate surface area is 353 Å². The van der Waals surface area contributed by atoms with Gasteiger partial charge in [0.05, 0.1) is 22.4 Å². The number of hydrogen-bond acceptors (Lipinski definition) is 2. The van der Waals surface area contributed by atoms with Crippen molar-refractivity contribution in [3.8, 4) is 61.8 Å². The topological polar surface area (TPSA) is 30.7 Å². The van der Waals surface area contributed by atoms with E-state index in [0.717, 1.165) is 50.3 Å². The van der Waals surface area contributed by atoms with Crippen LogP contribution in [0, 0.1) is 0 Å². The lowest BCUT2D eigenvalue weighted by molar-refractivity contribution is 1.18. The molecule has 0 saturated carbocycles. The van der Waals surface area contributed by atoms with Gasteiger partial charge in [-0.3, -0.25) is 0 Å². The maximum atomic E-state index is 5.47. The Kier molecular flexibility index (Phi) is 8.17. The normalized spacial score (nSPS) is 11.6. The molecule has 0 atom stereocenters. The van der Waals surface area contributed by atoms with E-state index in [0.29, 0.717) is 5.82 Å². The molecule has 0 fully saturated rings. The first-order chi connectivity index (χ1) is 30.3. The smallest absolute Gasteiger partial charge is 0.160 e. The predicted molar refractivity (Wildman–Crippen MR) is 256 cm³/mol. The third-order valence-electron chi connectivity index (χ3n) is 12.2. The fourth-order valence-electron chi connectivity index (χ4n) is 9.44. The number of aromatic nitrogens is 3. The maximum Gasteiger partial charge on any atom is 0.160 e. The van der Waals surface area contributed by atoms with E-state index in [-0.39, 0.29) is 0 Å². The van der Waals surface area contributed by atoms with Crippen LogP contribution in [0.3, 0.4) is 0 Å². The number of hydrogen-bond donors (Lipinski definition) is 0. The molecule has 0 N–H and O–H groups in total. The van der Waals surface area contributed by atoms with Crippen molar-refractivity contribution in [2.45, 2.75) is 0 Å². The lowest BCUT2D eigenvalue weighted by Gasteiger charge is -2.19. The third kappa shape index (κ3) is 5.82. The Morgan fingerprint density at radius 1 is 0.295 bits per heavy atom.